The van der Waals surface area contributed by atoms with Gasteiger partial charge in [-0.3, -0.25) is 4.79 Å². The Morgan fingerprint density at radius 2 is 1.95 bits per heavy atom. The summed E-state index contributed by atoms with van der Waals surface area (Å²) >= 11 is 5.90. The molecule has 0 aromatic heterocycles. The first-order valence-corrected chi connectivity index (χ1v) is 7.18. The van der Waals surface area contributed by atoms with Crippen LogP contribution in [0.15, 0.2) is 48.5 Å². The molecule has 3 nitrogen and oxygen atoms in total. The van der Waals surface area contributed by atoms with Crippen molar-refractivity contribution in [3.8, 4) is 5.75 Å². The Kier molecular flexibility index (Phi) is 5.23. The molecule has 4 heteroatoms. The number of aryl methyl sites for hydroxylation is 1. The molecule has 0 heterocycles. The fourth-order valence-electron chi connectivity index (χ4n) is 1.92. The van der Waals surface area contributed by atoms with Crippen molar-refractivity contribution in [2.45, 2.75) is 26.5 Å². The molecule has 1 atom stereocenters. The van der Waals surface area contributed by atoms with Crippen molar-refractivity contribution in [2.75, 3.05) is 0 Å². The third kappa shape index (κ3) is 4.50. The van der Waals surface area contributed by atoms with Gasteiger partial charge in [0.15, 0.2) is 6.10 Å². The SMILES string of the molecule is Cc1cc(Cl)ccc1O[C@H](C)C(=O)NCc1ccccc1. The average molecular weight is 304 g/mol. The first-order chi connectivity index (χ1) is 10.1. The van der Waals surface area contributed by atoms with Crippen molar-refractivity contribution in [3.05, 3.63) is 64.7 Å². The highest BCUT2D eigenvalue weighted by atomic mass is 35.5. The maximum absolute atomic E-state index is 12.0. The van der Waals surface area contributed by atoms with Crippen molar-refractivity contribution in [3.63, 3.8) is 0 Å². The smallest absolute Gasteiger partial charge is 0.261 e. The predicted octanol–water partition coefficient (Wildman–Crippen LogP) is 3.73. The minimum Gasteiger partial charge on any atom is -0.481 e. The summed E-state index contributed by atoms with van der Waals surface area (Å²) in [5, 5.41) is 3.51. The Balaban J connectivity index is 1.90. The Morgan fingerprint density at radius 3 is 2.62 bits per heavy atom. The van der Waals surface area contributed by atoms with E-state index in [1.807, 2.05) is 43.3 Å². The fraction of sp³-hybridized carbons (Fsp3) is 0.235. The van der Waals surface area contributed by atoms with Crippen molar-refractivity contribution >= 4 is 17.5 Å². The van der Waals surface area contributed by atoms with Gasteiger partial charge in [-0.15, -0.1) is 0 Å². The van der Waals surface area contributed by atoms with Gasteiger partial charge in [-0.25, -0.2) is 0 Å². The highest BCUT2D eigenvalue weighted by Gasteiger charge is 2.15. The van der Waals surface area contributed by atoms with E-state index in [0.717, 1.165) is 11.1 Å². The number of nitrogens with one attached hydrogen (secondary N) is 1. The van der Waals surface area contributed by atoms with Gasteiger partial charge in [0.1, 0.15) is 5.75 Å². The molecule has 21 heavy (non-hydrogen) atoms. The summed E-state index contributed by atoms with van der Waals surface area (Å²) in [7, 11) is 0. The van der Waals surface area contributed by atoms with E-state index in [4.69, 9.17) is 16.3 Å². The molecule has 0 unspecified atom stereocenters. The van der Waals surface area contributed by atoms with Crippen molar-refractivity contribution in [2.24, 2.45) is 0 Å². The Bertz CT molecular complexity index is 613. The standard InChI is InChI=1S/C17H18ClNO2/c1-12-10-15(18)8-9-16(12)21-13(2)17(20)19-11-14-6-4-3-5-7-14/h3-10,13H,11H2,1-2H3,(H,19,20)/t13-/m1/s1. The number of benzene rings is 2. The van der Waals surface area contributed by atoms with E-state index in [0.29, 0.717) is 17.3 Å². The molecule has 0 aliphatic heterocycles. The lowest BCUT2D eigenvalue weighted by Gasteiger charge is -2.16. The Labute approximate surface area is 129 Å². The van der Waals surface area contributed by atoms with Crippen LogP contribution < -0.4 is 10.1 Å². The summed E-state index contributed by atoms with van der Waals surface area (Å²) < 4.78 is 5.68. The molecule has 0 saturated heterocycles. The summed E-state index contributed by atoms with van der Waals surface area (Å²) in [6.45, 7) is 4.12. The number of amides is 1. The first-order valence-electron chi connectivity index (χ1n) is 6.80. The molecule has 0 aliphatic carbocycles. The summed E-state index contributed by atoms with van der Waals surface area (Å²) in [6, 6.07) is 15.1. The topological polar surface area (TPSA) is 38.3 Å². The molecule has 0 radical (unpaired) electrons. The van der Waals surface area contributed by atoms with E-state index < -0.39 is 6.10 Å². The number of ether oxygens (including phenoxy) is 1. The quantitative estimate of drug-likeness (QED) is 0.914. The molecule has 0 fully saturated rings. The number of carbonyl (C=O) groups is 1. The molecular formula is C17H18ClNO2. The van der Waals surface area contributed by atoms with E-state index in [1.165, 1.54) is 0 Å². The molecule has 2 aromatic carbocycles. The summed E-state index contributed by atoms with van der Waals surface area (Å²) in [5.74, 6) is 0.523. The summed E-state index contributed by atoms with van der Waals surface area (Å²) in [4.78, 5) is 12.0. The largest absolute Gasteiger partial charge is 0.481 e. The third-order valence-corrected chi connectivity index (χ3v) is 3.35. The van der Waals surface area contributed by atoms with E-state index in [-0.39, 0.29) is 5.91 Å². The van der Waals surface area contributed by atoms with E-state index >= 15 is 0 Å². The molecule has 2 rings (SSSR count). The van der Waals surface area contributed by atoms with Crippen LogP contribution in [0.5, 0.6) is 5.75 Å². The minimum absolute atomic E-state index is 0.145. The second-order valence-electron chi connectivity index (χ2n) is 4.87. The van der Waals surface area contributed by atoms with Crippen LogP contribution >= 0.6 is 11.6 Å². The van der Waals surface area contributed by atoms with Crippen LogP contribution in [-0.4, -0.2) is 12.0 Å². The zero-order chi connectivity index (χ0) is 15.2. The molecular weight excluding hydrogens is 286 g/mol. The van der Waals surface area contributed by atoms with Gasteiger partial charge in [-0.05, 0) is 43.2 Å². The molecule has 1 N–H and O–H groups in total. The number of rotatable bonds is 5. The Hall–Kier alpha value is -2.00. The number of halogens is 1. The van der Waals surface area contributed by atoms with Crippen LogP contribution in [0.25, 0.3) is 0 Å². The lowest BCUT2D eigenvalue weighted by atomic mass is 10.2. The average Bonchev–Trinajstić information content (AvgIpc) is 2.48. The highest BCUT2D eigenvalue weighted by Crippen LogP contribution is 2.22. The van der Waals surface area contributed by atoms with E-state index in [2.05, 4.69) is 5.32 Å². The van der Waals surface area contributed by atoms with Gasteiger partial charge in [-0.1, -0.05) is 41.9 Å². The second kappa shape index (κ2) is 7.14. The van der Waals surface area contributed by atoms with Gasteiger partial charge in [-0.2, -0.15) is 0 Å². The minimum atomic E-state index is -0.561. The van der Waals surface area contributed by atoms with Crippen molar-refractivity contribution in [1.29, 1.82) is 0 Å². The summed E-state index contributed by atoms with van der Waals surface area (Å²) in [5.41, 5.74) is 1.96. The van der Waals surface area contributed by atoms with Gasteiger partial charge < -0.3 is 10.1 Å². The predicted molar refractivity (Wildman–Crippen MR) is 84.6 cm³/mol. The normalized spacial score (nSPS) is 11.8. The molecule has 0 spiro atoms. The maximum atomic E-state index is 12.0. The van der Waals surface area contributed by atoms with Crippen molar-refractivity contribution < 1.29 is 9.53 Å². The fourth-order valence-corrected chi connectivity index (χ4v) is 2.14. The summed E-state index contributed by atoms with van der Waals surface area (Å²) in [6.07, 6.45) is -0.561. The zero-order valence-corrected chi connectivity index (χ0v) is 12.9. The molecule has 110 valence electrons. The van der Waals surface area contributed by atoms with Crippen LogP contribution in [0, 0.1) is 6.92 Å². The van der Waals surface area contributed by atoms with Gasteiger partial charge in [0.2, 0.25) is 0 Å². The number of hydrogen-bond donors (Lipinski definition) is 1. The van der Waals surface area contributed by atoms with Crippen LogP contribution in [0.4, 0.5) is 0 Å². The van der Waals surface area contributed by atoms with Crippen LogP contribution in [-0.2, 0) is 11.3 Å². The lowest BCUT2D eigenvalue weighted by molar-refractivity contribution is -0.127. The van der Waals surface area contributed by atoms with Gasteiger partial charge in [0, 0.05) is 11.6 Å². The number of hydrogen-bond acceptors (Lipinski definition) is 2. The van der Waals surface area contributed by atoms with E-state index in [9.17, 15) is 4.79 Å². The maximum Gasteiger partial charge on any atom is 0.261 e. The molecule has 2 aromatic rings. The lowest BCUT2D eigenvalue weighted by Crippen LogP contribution is -2.36. The molecule has 1 amide bonds. The van der Waals surface area contributed by atoms with Crippen LogP contribution in [0.2, 0.25) is 5.02 Å². The first kappa shape index (κ1) is 15.4. The van der Waals surface area contributed by atoms with Gasteiger partial charge in [0.25, 0.3) is 5.91 Å². The number of carbonyl (C=O) groups excluding carboxylic acids is 1. The highest BCUT2D eigenvalue weighted by molar-refractivity contribution is 6.30. The Morgan fingerprint density at radius 1 is 1.24 bits per heavy atom. The molecule has 0 saturated carbocycles. The molecule has 0 bridgehead atoms. The van der Waals surface area contributed by atoms with E-state index in [1.54, 1.807) is 19.1 Å². The van der Waals surface area contributed by atoms with Crippen molar-refractivity contribution in [1.82, 2.24) is 5.32 Å². The molecule has 0 aliphatic rings. The monoisotopic (exact) mass is 303 g/mol. The second-order valence-corrected chi connectivity index (χ2v) is 5.31. The third-order valence-electron chi connectivity index (χ3n) is 3.12. The van der Waals surface area contributed by atoms with Crippen LogP contribution in [0.1, 0.15) is 18.1 Å². The van der Waals surface area contributed by atoms with Gasteiger partial charge >= 0.3 is 0 Å². The van der Waals surface area contributed by atoms with Crippen LogP contribution in [0.3, 0.4) is 0 Å². The van der Waals surface area contributed by atoms with Gasteiger partial charge in [0.05, 0.1) is 0 Å². The zero-order valence-electron chi connectivity index (χ0n) is 12.1.